The minimum atomic E-state index is -4.21. The van der Waals surface area contributed by atoms with Gasteiger partial charge in [-0.15, -0.1) is 0 Å². The first kappa shape index (κ1) is 14.8. The molecule has 1 rings (SSSR count). The molecule has 0 amide bonds. The summed E-state index contributed by atoms with van der Waals surface area (Å²) in [5, 5.41) is 3.30. The van der Waals surface area contributed by atoms with Gasteiger partial charge >= 0.3 is 6.18 Å². The lowest BCUT2D eigenvalue weighted by molar-refractivity contribution is -0.180. The van der Waals surface area contributed by atoms with Gasteiger partial charge in [0.2, 0.25) is 0 Å². The number of halogens is 3. The third-order valence-electron chi connectivity index (χ3n) is 3.26. The zero-order chi connectivity index (χ0) is 12.8. The van der Waals surface area contributed by atoms with Crippen molar-refractivity contribution in [3.63, 3.8) is 0 Å². The lowest BCUT2D eigenvalue weighted by Crippen LogP contribution is -2.37. The summed E-state index contributed by atoms with van der Waals surface area (Å²) in [5.74, 6) is 0. The van der Waals surface area contributed by atoms with Gasteiger partial charge in [-0.3, -0.25) is 0 Å². The molecule has 102 valence electrons. The third kappa shape index (κ3) is 5.73. The Kier molecular flexibility index (Phi) is 5.73. The van der Waals surface area contributed by atoms with Crippen molar-refractivity contribution in [2.24, 2.45) is 5.41 Å². The number of ether oxygens (including phenoxy) is 1. The Morgan fingerprint density at radius 3 is 2.41 bits per heavy atom. The van der Waals surface area contributed by atoms with Crippen LogP contribution in [0.2, 0.25) is 0 Å². The molecular weight excluding hydrogens is 231 g/mol. The predicted molar refractivity (Wildman–Crippen MR) is 60.9 cm³/mol. The van der Waals surface area contributed by atoms with Crippen LogP contribution in [0.5, 0.6) is 0 Å². The number of rotatable bonds is 7. The van der Waals surface area contributed by atoms with Crippen molar-refractivity contribution in [3.8, 4) is 0 Å². The van der Waals surface area contributed by atoms with Gasteiger partial charge in [-0.1, -0.05) is 19.8 Å². The summed E-state index contributed by atoms with van der Waals surface area (Å²) >= 11 is 0. The molecule has 0 spiro atoms. The zero-order valence-corrected chi connectivity index (χ0v) is 10.4. The van der Waals surface area contributed by atoms with Crippen LogP contribution in [0.25, 0.3) is 0 Å². The lowest BCUT2D eigenvalue weighted by atomic mass is 9.87. The number of hydrogen-bond donors (Lipinski definition) is 1. The Morgan fingerprint density at radius 1 is 1.24 bits per heavy atom. The summed E-state index contributed by atoms with van der Waals surface area (Å²) in [7, 11) is 0. The van der Waals surface area contributed by atoms with Crippen LogP contribution in [0.4, 0.5) is 13.2 Å². The normalized spacial score (nSPS) is 19.8. The molecule has 1 aliphatic carbocycles. The van der Waals surface area contributed by atoms with Crippen molar-refractivity contribution in [1.29, 1.82) is 0 Å². The van der Waals surface area contributed by atoms with E-state index < -0.39 is 12.8 Å². The van der Waals surface area contributed by atoms with Crippen molar-refractivity contribution < 1.29 is 17.9 Å². The molecule has 0 aromatic heterocycles. The average molecular weight is 253 g/mol. The molecule has 1 N–H and O–H groups in total. The van der Waals surface area contributed by atoms with E-state index in [1.54, 1.807) is 0 Å². The van der Waals surface area contributed by atoms with Crippen LogP contribution < -0.4 is 5.32 Å². The van der Waals surface area contributed by atoms with Gasteiger partial charge in [0.25, 0.3) is 0 Å². The van der Waals surface area contributed by atoms with E-state index in [4.69, 9.17) is 4.74 Å². The van der Waals surface area contributed by atoms with Crippen LogP contribution in [-0.4, -0.2) is 32.5 Å². The molecule has 1 saturated carbocycles. The van der Waals surface area contributed by atoms with E-state index in [9.17, 15) is 13.2 Å². The van der Waals surface area contributed by atoms with Gasteiger partial charge < -0.3 is 10.1 Å². The Morgan fingerprint density at radius 2 is 1.88 bits per heavy atom. The van der Waals surface area contributed by atoms with Crippen molar-refractivity contribution in [2.75, 3.05) is 26.3 Å². The highest BCUT2D eigenvalue weighted by atomic mass is 19.4. The third-order valence-corrected chi connectivity index (χ3v) is 3.26. The van der Waals surface area contributed by atoms with Crippen molar-refractivity contribution >= 4 is 0 Å². The fourth-order valence-electron chi connectivity index (χ4n) is 2.41. The second-order valence-corrected chi connectivity index (χ2v) is 4.99. The fraction of sp³-hybridized carbons (Fsp3) is 1.00. The Bertz CT molecular complexity index is 212. The largest absolute Gasteiger partial charge is 0.411 e. The highest BCUT2D eigenvalue weighted by molar-refractivity contribution is 4.86. The topological polar surface area (TPSA) is 21.3 Å². The van der Waals surface area contributed by atoms with E-state index in [1.807, 2.05) is 0 Å². The first-order chi connectivity index (χ1) is 7.97. The molecule has 0 unspecified atom stereocenters. The second kappa shape index (κ2) is 6.59. The standard InChI is InChI=1S/C12H22F3NO/c1-2-7-16-8-11(5-3-4-6-11)9-17-10-12(13,14)15/h16H,2-10H2,1H3. The summed E-state index contributed by atoms with van der Waals surface area (Å²) in [5.41, 5.74) is -0.0690. The van der Waals surface area contributed by atoms with Gasteiger partial charge in [0.15, 0.2) is 0 Å². The molecule has 0 bridgehead atoms. The molecule has 0 heterocycles. The van der Waals surface area contributed by atoms with Gasteiger partial charge in [-0.05, 0) is 25.8 Å². The fourth-order valence-corrected chi connectivity index (χ4v) is 2.41. The quantitative estimate of drug-likeness (QED) is 0.704. The maximum absolute atomic E-state index is 12.0. The summed E-state index contributed by atoms with van der Waals surface area (Å²) in [6, 6.07) is 0. The molecule has 0 saturated heterocycles. The summed E-state index contributed by atoms with van der Waals surface area (Å²) in [6.45, 7) is 2.87. The zero-order valence-electron chi connectivity index (χ0n) is 10.4. The molecule has 0 aromatic carbocycles. The van der Waals surface area contributed by atoms with Gasteiger partial charge in [0, 0.05) is 12.0 Å². The number of alkyl halides is 3. The van der Waals surface area contributed by atoms with Crippen LogP contribution in [0.3, 0.4) is 0 Å². The van der Waals surface area contributed by atoms with Crippen molar-refractivity contribution in [1.82, 2.24) is 5.32 Å². The van der Waals surface area contributed by atoms with Crippen LogP contribution in [0.1, 0.15) is 39.0 Å². The van der Waals surface area contributed by atoms with Gasteiger partial charge in [-0.25, -0.2) is 0 Å². The minimum absolute atomic E-state index is 0.0690. The van der Waals surface area contributed by atoms with Crippen LogP contribution in [0.15, 0.2) is 0 Å². The van der Waals surface area contributed by atoms with E-state index in [2.05, 4.69) is 12.2 Å². The van der Waals surface area contributed by atoms with E-state index >= 15 is 0 Å². The predicted octanol–water partition coefficient (Wildman–Crippen LogP) is 3.13. The maximum atomic E-state index is 12.0. The van der Waals surface area contributed by atoms with Gasteiger partial charge in [0.1, 0.15) is 6.61 Å². The molecule has 1 fully saturated rings. The smallest absolute Gasteiger partial charge is 0.371 e. The molecule has 0 radical (unpaired) electrons. The van der Waals surface area contributed by atoms with E-state index in [1.165, 1.54) is 0 Å². The number of nitrogens with one attached hydrogen (secondary N) is 1. The Labute approximate surface area is 101 Å². The average Bonchev–Trinajstić information content (AvgIpc) is 2.65. The molecule has 0 atom stereocenters. The molecule has 5 heteroatoms. The van der Waals surface area contributed by atoms with Crippen molar-refractivity contribution in [3.05, 3.63) is 0 Å². The molecule has 17 heavy (non-hydrogen) atoms. The van der Waals surface area contributed by atoms with E-state index in [-0.39, 0.29) is 12.0 Å². The Balaban J connectivity index is 2.32. The molecule has 2 nitrogen and oxygen atoms in total. The van der Waals surface area contributed by atoms with Crippen molar-refractivity contribution in [2.45, 2.75) is 45.2 Å². The van der Waals surface area contributed by atoms with Gasteiger partial charge in [-0.2, -0.15) is 13.2 Å². The summed E-state index contributed by atoms with van der Waals surface area (Å²) in [4.78, 5) is 0. The maximum Gasteiger partial charge on any atom is 0.411 e. The SMILES string of the molecule is CCCNCC1(COCC(F)(F)F)CCCC1. The minimum Gasteiger partial charge on any atom is -0.371 e. The lowest BCUT2D eigenvalue weighted by Gasteiger charge is -2.29. The van der Waals surface area contributed by atoms with Crippen LogP contribution in [0, 0.1) is 5.41 Å². The molecular formula is C12H22F3NO. The summed E-state index contributed by atoms with van der Waals surface area (Å²) in [6.07, 6.45) is 0.978. The van der Waals surface area contributed by atoms with Crippen LogP contribution in [-0.2, 0) is 4.74 Å². The highest BCUT2D eigenvalue weighted by Crippen LogP contribution is 2.38. The second-order valence-electron chi connectivity index (χ2n) is 4.99. The Hall–Kier alpha value is -0.290. The summed E-state index contributed by atoms with van der Waals surface area (Å²) < 4.78 is 40.9. The monoisotopic (exact) mass is 253 g/mol. The van der Waals surface area contributed by atoms with Crippen LogP contribution >= 0.6 is 0 Å². The van der Waals surface area contributed by atoms with E-state index in [0.717, 1.165) is 45.2 Å². The highest BCUT2D eigenvalue weighted by Gasteiger charge is 2.35. The first-order valence-corrected chi connectivity index (χ1v) is 6.33. The first-order valence-electron chi connectivity index (χ1n) is 6.33. The number of hydrogen-bond acceptors (Lipinski definition) is 2. The van der Waals surface area contributed by atoms with Gasteiger partial charge in [0.05, 0.1) is 6.61 Å². The van der Waals surface area contributed by atoms with E-state index in [0.29, 0.717) is 0 Å². The molecule has 0 aromatic rings. The molecule has 0 aliphatic heterocycles. The molecule has 1 aliphatic rings.